The number of rotatable bonds is 9. The lowest BCUT2D eigenvalue weighted by Crippen LogP contribution is -2.29. The first-order chi connectivity index (χ1) is 16.9. The Morgan fingerprint density at radius 2 is 1.60 bits per heavy atom. The fraction of sp³-hybridized carbons (Fsp3) is 0.531. The Kier molecular flexibility index (Phi) is 9.42. The number of unbranched alkanes of at least 4 members (excludes halogenated alkanes) is 2. The van der Waals surface area contributed by atoms with E-state index >= 15 is 0 Å². The summed E-state index contributed by atoms with van der Waals surface area (Å²) < 4.78 is 6.00. The van der Waals surface area contributed by atoms with Crippen LogP contribution in [-0.4, -0.2) is 17.3 Å². The molecule has 0 saturated heterocycles. The molecule has 0 unspecified atom stereocenters. The Hall–Kier alpha value is -2.75. The molecule has 1 aliphatic rings. The Morgan fingerprint density at radius 1 is 0.943 bits per heavy atom. The van der Waals surface area contributed by atoms with Crippen LogP contribution < -0.4 is 4.74 Å². The summed E-state index contributed by atoms with van der Waals surface area (Å²) >= 11 is 0. The molecule has 186 valence electrons. The number of aryl methyl sites for hydroxylation is 2. The normalized spacial score (nSPS) is 15.1. The van der Waals surface area contributed by atoms with Crippen LogP contribution in [0.15, 0.2) is 36.4 Å². The molecule has 1 fully saturated rings. The molecule has 3 rings (SSSR count). The summed E-state index contributed by atoms with van der Waals surface area (Å²) in [5.41, 5.74) is 5.04. The second kappa shape index (κ2) is 12.3. The van der Waals surface area contributed by atoms with Crippen LogP contribution in [0.3, 0.4) is 0 Å². The van der Waals surface area contributed by atoms with E-state index in [9.17, 15) is 5.11 Å². The van der Waals surface area contributed by atoms with Gasteiger partial charge in [-0.05, 0) is 99.6 Å². The van der Waals surface area contributed by atoms with Crippen LogP contribution in [-0.2, 0) is 5.41 Å². The zero-order valence-electron chi connectivity index (χ0n) is 22.0. The molecule has 2 aromatic rings. The molecule has 1 saturated carbocycles. The lowest BCUT2D eigenvalue weighted by molar-refractivity contribution is 0.0610. The van der Waals surface area contributed by atoms with Gasteiger partial charge in [0.1, 0.15) is 11.4 Å². The van der Waals surface area contributed by atoms with E-state index in [1.165, 1.54) is 17.5 Å². The van der Waals surface area contributed by atoms with Gasteiger partial charge in [-0.25, -0.2) is 0 Å². The van der Waals surface area contributed by atoms with Gasteiger partial charge in [-0.3, -0.25) is 0 Å². The molecule has 0 bridgehead atoms. The van der Waals surface area contributed by atoms with Gasteiger partial charge < -0.3 is 9.84 Å². The number of ether oxygens (including phenoxy) is 1. The van der Waals surface area contributed by atoms with Crippen molar-refractivity contribution in [1.82, 2.24) is 0 Å². The summed E-state index contributed by atoms with van der Waals surface area (Å²) in [4.78, 5) is 0. The molecule has 2 aromatic carbocycles. The fourth-order valence-corrected chi connectivity index (χ4v) is 5.38. The van der Waals surface area contributed by atoms with Crippen LogP contribution in [0, 0.1) is 37.0 Å². The summed E-state index contributed by atoms with van der Waals surface area (Å²) in [5, 5.41) is 19.5. The summed E-state index contributed by atoms with van der Waals surface area (Å²) in [6.07, 6.45) is 9.24. The van der Waals surface area contributed by atoms with E-state index in [0.717, 1.165) is 73.8 Å². The van der Waals surface area contributed by atoms with Crippen LogP contribution in [0.1, 0.15) is 106 Å². The van der Waals surface area contributed by atoms with Crippen molar-refractivity contribution < 1.29 is 9.84 Å². The van der Waals surface area contributed by atoms with Gasteiger partial charge in [0, 0.05) is 17.4 Å². The standard InChI is InChI=1S/C32H41NO2/c1-5-32(6-2,29-15-16-30(26(4)24-29)35-22-12-8-11-21-33)28-14-13-27(25(3)23-28)17-20-31(34)18-9-7-10-19-31/h13-16,23-24,34H,5-12,18-19,22H2,1-4H3. The van der Waals surface area contributed by atoms with Crippen LogP contribution >= 0.6 is 0 Å². The Morgan fingerprint density at radius 3 is 2.20 bits per heavy atom. The minimum absolute atomic E-state index is 0.0750. The molecular weight excluding hydrogens is 430 g/mol. The molecule has 0 heterocycles. The minimum atomic E-state index is -0.822. The first-order valence-corrected chi connectivity index (χ1v) is 13.3. The van der Waals surface area contributed by atoms with Crippen LogP contribution in [0.4, 0.5) is 0 Å². The molecule has 0 aromatic heterocycles. The van der Waals surface area contributed by atoms with Gasteiger partial charge >= 0.3 is 0 Å². The summed E-state index contributed by atoms with van der Waals surface area (Å²) in [5.74, 6) is 7.41. The van der Waals surface area contributed by atoms with Crippen molar-refractivity contribution in [2.75, 3.05) is 6.61 Å². The van der Waals surface area contributed by atoms with Gasteiger partial charge in [0.25, 0.3) is 0 Å². The van der Waals surface area contributed by atoms with Crippen molar-refractivity contribution in [3.63, 3.8) is 0 Å². The van der Waals surface area contributed by atoms with Crippen LogP contribution in [0.25, 0.3) is 0 Å². The van der Waals surface area contributed by atoms with Gasteiger partial charge in [-0.1, -0.05) is 56.4 Å². The number of hydrogen-bond acceptors (Lipinski definition) is 3. The van der Waals surface area contributed by atoms with Gasteiger partial charge in [0.2, 0.25) is 0 Å². The molecule has 0 aliphatic heterocycles. The maximum Gasteiger partial charge on any atom is 0.125 e. The Balaban J connectivity index is 1.84. The fourth-order valence-electron chi connectivity index (χ4n) is 5.38. The van der Waals surface area contributed by atoms with Crippen molar-refractivity contribution in [1.29, 1.82) is 5.26 Å². The average Bonchev–Trinajstić information content (AvgIpc) is 2.86. The SMILES string of the molecule is CCC(CC)(c1ccc(C#CC2(O)CCCCC2)c(C)c1)c1ccc(OCCCCC#N)c(C)c1. The number of hydrogen-bond donors (Lipinski definition) is 1. The second-order valence-electron chi connectivity index (χ2n) is 10.1. The molecule has 0 atom stereocenters. The van der Waals surface area contributed by atoms with E-state index in [-0.39, 0.29) is 5.41 Å². The minimum Gasteiger partial charge on any atom is -0.493 e. The van der Waals surface area contributed by atoms with E-state index in [4.69, 9.17) is 10.00 Å². The second-order valence-corrected chi connectivity index (χ2v) is 10.1. The zero-order chi connectivity index (χ0) is 25.3. The summed E-state index contributed by atoms with van der Waals surface area (Å²) in [6.45, 7) is 9.42. The number of aliphatic hydroxyl groups is 1. The highest BCUT2D eigenvalue weighted by Crippen LogP contribution is 2.41. The van der Waals surface area contributed by atoms with E-state index in [0.29, 0.717) is 13.0 Å². The first-order valence-electron chi connectivity index (χ1n) is 13.3. The monoisotopic (exact) mass is 471 g/mol. The Labute approximate surface area is 212 Å². The molecular formula is C32H41NO2. The maximum atomic E-state index is 10.8. The third-order valence-electron chi connectivity index (χ3n) is 7.76. The highest BCUT2D eigenvalue weighted by Gasteiger charge is 2.31. The highest BCUT2D eigenvalue weighted by atomic mass is 16.5. The molecule has 3 nitrogen and oxygen atoms in total. The zero-order valence-corrected chi connectivity index (χ0v) is 22.0. The van der Waals surface area contributed by atoms with Crippen LogP contribution in [0.2, 0.25) is 0 Å². The van der Waals surface area contributed by atoms with Crippen molar-refractivity contribution >= 4 is 0 Å². The first kappa shape index (κ1) is 26.8. The highest BCUT2D eigenvalue weighted by molar-refractivity contribution is 5.50. The van der Waals surface area contributed by atoms with Gasteiger partial charge in [0.15, 0.2) is 0 Å². The maximum absolute atomic E-state index is 10.8. The Bertz CT molecular complexity index is 1090. The quantitative estimate of drug-likeness (QED) is 0.304. The van der Waals surface area contributed by atoms with E-state index in [1.54, 1.807) is 0 Å². The van der Waals surface area contributed by atoms with Crippen molar-refractivity contribution in [3.05, 3.63) is 64.2 Å². The van der Waals surface area contributed by atoms with E-state index in [2.05, 4.69) is 82.0 Å². The third-order valence-corrected chi connectivity index (χ3v) is 7.76. The predicted octanol–water partition coefficient (Wildman–Crippen LogP) is 7.53. The van der Waals surface area contributed by atoms with Crippen LogP contribution in [0.5, 0.6) is 5.75 Å². The smallest absolute Gasteiger partial charge is 0.125 e. The largest absolute Gasteiger partial charge is 0.493 e. The molecule has 1 aliphatic carbocycles. The van der Waals surface area contributed by atoms with Crippen molar-refractivity contribution in [2.45, 2.75) is 103 Å². The van der Waals surface area contributed by atoms with Gasteiger partial charge in [-0.15, -0.1) is 0 Å². The molecule has 0 radical (unpaired) electrons. The molecule has 0 amide bonds. The number of nitriles is 1. The number of nitrogens with zero attached hydrogens (tertiary/aromatic N) is 1. The lowest BCUT2D eigenvalue weighted by atomic mass is 9.70. The average molecular weight is 472 g/mol. The van der Waals surface area contributed by atoms with Gasteiger partial charge in [-0.2, -0.15) is 5.26 Å². The molecule has 35 heavy (non-hydrogen) atoms. The molecule has 0 spiro atoms. The summed E-state index contributed by atoms with van der Waals surface area (Å²) in [7, 11) is 0. The lowest BCUT2D eigenvalue weighted by Gasteiger charge is -2.34. The van der Waals surface area contributed by atoms with Crippen molar-refractivity contribution in [3.8, 4) is 23.7 Å². The summed E-state index contributed by atoms with van der Waals surface area (Å²) in [6, 6.07) is 15.4. The van der Waals surface area contributed by atoms with Gasteiger partial charge in [0.05, 0.1) is 12.7 Å². The van der Waals surface area contributed by atoms with E-state index < -0.39 is 5.60 Å². The topological polar surface area (TPSA) is 53.2 Å². The number of benzene rings is 2. The van der Waals surface area contributed by atoms with Crippen molar-refractivity contribution in [2.24, 2.45) is 0 Å². The molecule has 3 heteroatoms. The van der Waals surface area contributed by atoms with E-state index in [1.807, 2.05) is 0 Å². The predicted molar refractivity (Wildman–Crippen MR) is 144 cm³/mol. The molecule has 1 N–H and O–H groups in total. The third kappa shape index (κ3) is 6.48.